The summed E-state index contributed by atoms with van der Waals surface area (Å²) in [6.07, 6.45) is 3.81. The molecule has 7 nitrogen and oxygen atoms in total. The smallest absolute Gasteiger partial charge is 0.243 e. The molecule has 0 N–H and O–H groups in total. The third kappa shape index (κ3) is 4.91. The van der Waals surface area contributed by atoms with E-state index < -0.39 is 15.9 Å². The number of carbonyl (C=O) groups is 1. The number of anilines is 1. The van der Waals surface area contributed by atoms with Gasteiger partial charge in [-0.25, -0.2) is 13.4 Å². The number of nitrogens with zero attached hydrogens (tertiary/aromatic N) is 4. The van der Waals surface area contributed by atoms with Gasteiger partial charge >= 0.3 is 0 Å². The van der Waals surface area contributed by atoms with E-state index in [0.29, 0.717) is 24.5 Å². The number of thiazole rings is 1. The Labute approximate surface area is 215 Å². The SMILES string of the molecule is CCc1cccc2sc(N(Cc3ccccn3)C(=O)C3CCCN(S(=O)(=O)c4ccccc4)C3)nc12. The first-order valence-electron chi connectivity index (χ1n) is 12.1. The predicted molar refractivity (Wildman–Crippen MR) is 142 cm³/mol. The Morgan fingerprint density at radius 3 is 2.64 bits per heavy atom. The Morgan fingerprint density at radius 2 is 1.89 bits per heavy atom. The van der Waals surface area contributed by atoms with Crippen LogP contribution in [0.3, 0.4) is 0 Å². The zero-order valence-electron chi connectivity index (χ0n) is 20.1. The predicted octanol–water partition coefficient (Wildman–Crippen LogP) is 4.89. The average Bonchev–Trinajstić information content (AvgIpc) is 3.37. The molecule has 9 heteroatoms. The molecule has 0 saturated carbocycles. The highest BCUT2D eigenvalue weighted by molar-refractivity contribution is 7.89. The van der Waals surface area contributed by atoms with Crippen LogP contribution in [-0.4, -0.2) is 41.7 Å². The Bertz CT molecular complexity index is 1460. The minimum absolute atomic E-state index is 0.120. The molecule has 1 atom stereocenters. The zero-order chi connectivity index (χ0) is 25.1. The highest BCUT2D eigenvalue weighted by atomic mass is 32.2. The van der Waals surface area contributed by atoms with Gasteiger partial charge in [0.05, 0.1) is 33.3 Å². The zero-order valence-corrected chi connectivity index (χ0v) is 21.7. The van der Waals surface area contributed by atoms with Crippen molar-refractivity contribution in [2.45, 2.75) is 37.6 Å². The molecule has 1 amide bonds. The number of pyridine rings is 1. The lowest BCUT2D eigenvalue weighted by Crippen LogP contribution is -2.46. The Kier molecular flexibility index (Phi) is 7.13. The van der Waals surface area contributed by atoms with E-state index in [1.165, 1.54) is 15.6 Å². The van der Waals surface area contributed by atoms with Crippen molar-refractivity contribution in [3.05, 3.63) is 84.2 Å². The van der Waals surface area contributed by atoms with Crippen LogP contribution < -0.4 is 4.90 Å². The number of hydrogen-bond acceptors (Lipinski definition) is 6. The molecule has 1 aliphatic rings. The van der Waals surface area contributed by atoms with Crippen molar-refractivity contribution in [1.29, 1.82) is 0 Å². The molecule has 2 aromatic heterocycles. The maximum Gasteiger partial charge on any atom is 0.243 e. The summed E-state index contributed by atoms with van der Waals surface area (Å²) in [5, 5.41) is 0.615. The highest BCUT2D eigenvalue weighted by Gasteiger charge is 2.36. The van der Waals surface area contributed by atoms with Crippen molar-refractivity contribution in [3.63, 3.8) is 0 Å². The van der Waals surface area contributed by atoms with E-state index in [0.717, 1.165) is 27.9 Å². The second-order valence-corrected chi connectivity index (χ2v) is 11.8. The van der Waals surface area contributed by atoms with Crippen LogP contribution in [0.4, 0.5) is 5.13 Å². The van der Waals surface area contributed by atoms with Gasteiger partial charge in [0, 0.05) is 19.3 Å². The van der Waals surface area contributed by atoms with Crippen LogP contribution in [0.25, 0.3) is 10.2 Å². The van der Waals surface area contributed by atoms with E-state index in [9.17, 15) is 13.2 Å². The number of carbonyl (C=O) groups excluding carboxylic acids is 1. The molecule has 0 spiro atoms. The van der Waals surface area contributed by atoms with E-state index in [1.807, 2.05) is 30.3 Å². The van der Waals surface area contributed by atoms with Gasteiger partial charge in [0.2, 0.25) is 15.9 Å². The average molecular weight is 521 g/mol. The first-order valence-corrected chi connectivity index (χ1v) is 14.4. The van der Waals surface area contributed by atoms with Crippen molar-refractivity contribution < 1.29 is 13.2 Å². The van der Waals surface area contributed by atoms with Crippen LogP contribution in [0.1, 0.15) is 31.0 Å². The Balaban J connectivity index is 1.47. The van der Waals surface area contributed by atoms with Crippen LogP contribution in [0.5, 0.6) is 0 Å². The second kappa shape index (κ2) is 10.5. The molecule has 1 unspecified atom stereocenters. The number of hydrogen-bond donors (Lipinski definition) is 0. The lowest BCUT2D eigenvalue weighted by Gasteiger charge is -2.33. The number of para-hydroxylation sites is 1. The minimum atomic E-state index is -3.67. The van der Waals surface area contributed by atoms with E-state index in [1.54, 1.807) is 41.4 Å². The third-order valence-electron chi connectivity index (χ3n) is 6.53. The molecule has 4 aromatic rings. The standard InChI is InChI=1S/C27H28N4O3S2/c1-2-20-10-8-15-24-25(20)29-27(35-24)31(19-22-12-6-7-16-28-22)26(32)21-11-9-17-30(18-21)36(33,34)23-13-4-3-5-14-23/h3-8,10,12-16,21H,2,9,11,17-19H2,1H3. The topological polar surface area (TPSA) is 83.5 Å². The molecule has 186 valence electrons. The summed E-state index contributed by atoms with van der Waals surface area (Å²) >= 11 is 1.48. The van der Waals surface area contributed by atoms with Gasteiger partial charge in [-0.15, -0.1) is 0 Å². The summed E-state index contributed by atoms with van der Waals surface area (Å²) in [5.74, 6) is -0.579. The summed E-state index contributed by atoms with van der Waals surface area (Å²) in [5.41, 5.74) is 2.80. The van der Waals surface area contributed by atoms with E-state index in [2.05, 4.69) is 18.0 Å². The first-order chi connectivity index (χ1) is 17.5. The Hall–Kier alpha value is -3.14. The van der Waals surface area contributed by atoms with E-state index in [4.69, 9.17) is 4.98 Å². The maximum atomic E-state index is 14.0. The summed E-state index contributed by atoms with van der Waals surface area (Å²) in [4.78, 5) is 25.2. The molecule has 3 heterocycles. The van der Waals surface area contributed by atoms with E-state index in [-0.39, 0.29) is 23.9 Å². The van der Waals surface area contributed by atoms with Crippen molar-refractivity contribution in [2.24, 2.45) is 5.92 Å². The monoisotopic (exact) mass is 520 g/mol. The fourth-order valence-corrected chi connectivity index (χ4v) is 7.18. The van der Waals surface area contributed by atoms with Crippen molar-refractivity contribution in [2.75, 3.05) is 18.0 Å². The lowest BCUT2D eigenvalue weighted by atomic mass is 9.98. The van der Waals surface area contributed by atoms with Crippen molar-refractivity contribution in [1.82, 2.24) is 14.3 Å². The quantitative estimate of drug-likeness (QED) is 0.347. The number of rotatable bonds is 7. The largest absolute Gasteiger partial charge is 0.282 e. The van der Waals surface area contributed by atoms with Gasteiger partial charge in [-0.1, -0.05) is 54.7 Å². The summed E-state index contributed by atoms with van der Waals surface area (Å²) in [7, 11) is -3.67. The number of aryl methyl sites for hydroxylation is 1. The van der Waals surface area contributed by atoms with Crippen molar-refractivity contribution >= 4 is 42.6 Å². The van der Waals surface area contributed by atoms with Crippen molar-refractivity contribution in [3.8, 4) is 0 Å². The van der Waals surface area contributed by atoms with Gasteiger partial charge in [0.1, 0.15) is 0 Å². The number of benzene rings is 2. The lowest BCUT2D eigenvalue weighted by molar-refractivity contribution is -0.123. The molecular formula is C27H28N4O3S2. The summed E-state index contributed by atoms with van der Waals surface area (Å²) in [6.45, 7) is 2.93. The van der Waals surface area contributed by atoms with Crippen LogP contribution in [0.15, 0.2) is 77.8 Å². The highest BCUT2D eigenvalue weighted by Crippen LogP contribution is 2.34. The first kappa shape index (κ1) is 24.5. The minimum Gasteiger partial charge on any atom is -0.282 e. The maximum absolute atomic E-state index is 14.0. The molecule has 1 aliphatic heterocycles. The van der Waals surface area contributed by atoms with Crippen LogP contribution >= 0.6 is 11.3 Å². The molecule has 1 fully saturated rings. The number of aromatic nitrogens is 2. The fraction of sp³-hybridized carbons (Fsp3) is 0.296. The van der Waals surface area contributed by atoms with Gasteiger partial charge in [0.25, 0.3) is 0 Å². The van der Waals surface area contributed by atoms with Gasteiger partial charge in [-0.3, -0.25) is 14.7 Å². The number of piperidine rings is 1. The number of amides is 1. The van der Waals surface area contributed by atoms with Crippen LogP contribution in [0, 0.1) is 5.92 Å². The molecule has 0 radical (unpaired) electrons. The molecular weight excluding hydrogens is 492 g/mol. The van der Waals surface area contributed by atoms with Gasteiger partial charge in [-0.05, 0) is 55.2 Å². The molecule has 36 heavy (non-hydrogen) atoms. The fourth-order valence-electron chi connectivity index (χ4n) is 4.61. The van der Waals surface area contributed by atoms with Gasteiger partial charge in [0.15, 0.2) is 5.13 Å². The van der Waals surface area contributed by atoms with Gasteiger partial charge < -0.3 is 0 Å². The summed E-state index contributed by atoms with van der Waals surface area (Å²) < 4.78 is 29.0. The number of fused-ring (bicyclic) bond motifs is 1. The molecule has 5 rings (SSSR count). The third-order valence-corrected chi connectivity index (χ3v) is 9.45. The summed E-state index contributed by atoms with van der Waals surface area (Å²) in [6, 6.07) is 20.1. The van der Waals surface area contributed by atoms with Gasteiger partial charge in [-0.2, -0.15) is 4.31 Å². The molecule has 2 aromatic carbocycles. The molecule has 1 saturated heterocycles. The van der Waals surface area contributed by atoms with Crippen LogP contribution in [-0.2, 0) is 27.8 Å². The normalized spacial score (nSPS) is 16.8. The number of sulfonamides is 1. The Morgan fingerprint density at radius 1 is 1.08 bits per heavy atom. The van der Waals surface area contributed by atoms with Crippen LogP contribution in [0.2, 0.25) is 0 Å². The van der Waals surface area contributed by atoms with E-state index >= 15 is 0 Å². The molecule has 0 aliphatic carbocycles. The second-order valence-electron chi connectivity index (χ2n) is 8.87. The molecule has 0 bridgehead atoms.